The second-order valence-corrected chi connectivity index (χ2v) is 9.37. The molecule has 1 saturated heterocycles. The molecule has 0 aliphatic carbocycles. The number of ether oxygens (including phenoxy) is 1. The molecule has 1 aliphatic rings. The molecule has 0 saturated carbocycles. The van der Waals surface area contributed by atoms with E-state index in [0.717, 1.165) is 11.2 Å². The second-order valence-electron chi connectivity index (χ2n) is 7.78. The zero-order valence-corrected chi connectivity index (χ0v) is 20.1. The fourth-order valence-electron chi connectivity index (χ4n) is 3.92. The summed E-state index contributed by atoms with van der Waals surface area (Å²) in [4.78, 5) is 31.2. The zero-order valence-electron chi connectivity index (χ0n) is 17.6. The van der Waals surface area contributed by atoms with Crippen LogP contribution >= 0.6 is 35.8 Å². The van der Waals surface area contributed by atoms with Crippen LogP contribution in [0.2, 0.25) is 5.02 Å². The van der Waals surface area contributed by atoms with Gasteiger partial charge in [0.25, 0.3) is 0 Å². The molecular formula is C23H18ClF3N2O3S2. The summed E-state index contributed by atoms with van der Waals surface area (Å²) in [5.41, 5.74) is -0.371. The van der Waals surface area contributed by atoms with Crippen LogP contribution in [0.3, 0.4) is 0 Å². The molecule has 34 heavy (non-hydrogen) atoms. The number of ketones is 1. The first-order chi connectivity index (χ1) is 16.1. The van der Waals surface area contributed by atoms with Crippen molar-refractivity contribution < 1.29 is 27.5 Å². The van der Waals surface area contributed by atoms with E-state index in [0.29, 0.717) is 11.1 Å². The number of aromatic nitrogens is 1. The average Bonchev–Trinajstić information content (AvgIpc) is 3.32. The van der Waals surface area contributed by atoms with Crippen LogP contribution in [0.5, 0.6) is 5.88 Å². The highest BCUT2D eigenvalue weighted by Crippen LogP contribution is 2.48. The SMILES string of the molecule is CC(Oc1cccc(C2(c3ccsc3)CC(=O)C(c3ccccc3Cl)C(=O)N2S)n1)C(F)(F)F. The predicted octanol–water partition coefficient (Wildman–Crippen LogP) is 5.80. The van der Waals surface area contributed by atoms with Crippen molar-refractivity contribution in [1.29, 1.82) is 0 Å². The van der Waals surface area contributed by atoms with Crippen LogP contribution < -0.4 is 4.74 Å². The predicted molar refractivity (Wildman–Crippen MR) is 125 cm³/mol. The lowest BCUT2D eigenvalue weighted by atomic mass is 9.75. The van der Waals surface area contributed by atoms with Crippen molar-refractivity contribution in [2.75, 3.05) is 0 Å². The lowest BCUT2D eigenvalue weighted by molar-refractivity contribution is -0.190. The van der Waals surface area contributed by atoms with Gasteiger partial charge in [-0.25, -0.2) is 4.98 Å². The Morgan fingerprint density at radius 1 is 1.21 bits per heavy atom. The van der Waals surface area contributed by atoms with Crippen LogP contribution in [0.15, 0.2) is 59.3 Å². The number of hydrogen-bond donors (Lipinski definition) is 1. The maximum atomic E-state index is 13.5. The zero-order chi connectivity index (χ0) is 24.7. The number of rotatable bonds is 5. The summed E-state index contributed by atoms with van der Waals surface area (Å²) in [6.45, 7) is 0.871. The number of carbonyl (C=O) groups excluding carboxylic acids is 2. The number of piperidine rings is 1. The smallest absolute Gasteiger partial charge is 0.425 e. The summed E-state index contributed by atoms with van der Waals surface area (Å²) >= 11 is 12.1. The quantitative estimate of drug-likeness (QED) is 0.337. The van der Waals surface area contributed by atoms with Crippen molar-refractivity contribution in [3.05, 3.63) is 81.1 Å². The van der Waals surface area contributed by atoms with Crippen LogP contribution in [0.1, 0.15) is 36.1 Å². The van der Waals surface area contributed by atoms with Gasteiger partial charge in [-0.3, -0.25) is 13.9 Å². The largest absolute Gasteiger partial charge is 0.465 e. The third kappa shape index (κ3) is 4.30. The van der Waals surface area contributed by atoms with Crippen LogP contribution in [0.25, 0.3) is 0 Å². The lowest BCUT2D eigenvalue weighted by Gasteiger charge is -2.45. The summed E-state index contributed by atoms with van der Waals surface area (Å²) < 4.78 is 45.2. The van der Waals surface area contributed by atoms with Crippen molar-refractivity contribution in [1.82, 2.24) is 9.29 Å². The van der Waals surface area contributed by atoms with E-state index in [-0.39, 0.29) is 23.0 Å². The van der Waals surface area contributed by atoms with Gasteiger partial charge in [0.2, 0.25) is 11.8 Å². The Bertz CT molecular complexity index is 1220. The number of hydrogen-bond acceptors (Lipinski definition) is 6. The van der Waals surface area contributed by atoms with E-state index >= 15 is 0 Å². The summed E-state index contributed by atoms with van der Waals surface area (Å²) in [6, 6.07) is 12.6. The number of pyridine rings is 1. The first-order valence-electron chi connectivity index (χ1n) is 10.1. The first kappa shape index (κ1) is 24.6. The molecule has 1 fully saturated rings. The van der Waals surface area contributed by atoms with E-state index in [2.05, 4.69) is 17.8 Å². The standard InChI is InChI=1S/C23H18ClF3N2O3S2/c1-13(23(25,26)27)32-19-8-4-7-18(28-19)22(14-9-10-34-12-14)11-17(30)20(21(31)29(22)33)15-5-2-3-6-16(15)24/h2-10,12-13,20,33H,11H2,1H3. The van der Waals surface area contributed by atoms with Crippen LogP contribution in [0, 0.1) is 0 Å². The number of alkyl halides is 3. The van der Waals surface area contributed by atoms with Crippen molar-refractivity contribution in [3.8, 4) is 5.88 Å². The van der Waals surface area contributed by atoms with E-state index in [9.17, 15) is 22.8 Å². The fourth-order valence-corrected chi connectivity index (χ4v) is 5.30. The van der Waals surface area contributed by atoms with E-state index in [1.54, 1.807) is 41.1 Å². The Kier molecular flexibility index (Phi) is 6.67. The Balaban J connectivity index is 1.80. The Morgan fingerprint density at radius 2 is 1.94 bits per heavy atom. The minimum atomic E-state index is -4.59. The summed E-state index contributed by atoms with van der Waals surface area (Å²) in [6.07, 6.45) is -6.89. The Labute approximate surface area is 208 Å². The van der Waals surface area contributed by atoms with Crippen molar-refractivity contribution in [2.45, 2.75) is 37.1 Å². The highest BCUT2D eigenvalue weighted by atomic mass is 35.5. The molecule has 0 N–H and O–H groups in total. The number of thiol groups is 1. The van der Waals surface area contributed by atoms with Gasteiger partial charge >= 0.3 is 6.18 Å². The second kappa shape index (κ2) is 9.24. The van der Waals surface area contributed by atoms with Crippen molar-refractivity contribution in [2.24, 2.45) is 0 Å². The monoisotopic (exact) mass is 526 g/mol. The highest BCUT2D eigenvalue weighted by Gasteiger charge is 2.54. The Hall–Kier alpha value is -2.56. The average molecular weight is 527 g/mol. The van der Waals surface area contributed by atoms with Gasteiger partial charge in [-0.2, -0.15) is 24.5 Å². The normalized spacial score (nSPS) is 22.1. The topological polar surface area (TPSA) is 59.5 Å². The van der Waals surface area contributed by atoms with Gasteiger partial charge in [0.05, 0.1) is 5.69 Å². The fraction of sp³-hybridized carbons (Fsp3) is 0.261. The summed E-state index contributed by atoms with van der Waals surface area (Å²) in [7, 11) is 0. The molecule has 1 amide bonds. The van der Waals surface area contributed by atoms with Gasteiger partial charge < -0.3 is 4.74 Å². The molecule has 4 rings (SSSR count). The number of nitrogens with zero attached hydrogens (tertiary/aromatic N) is 2. The molecule has 11 heteroatoms. The molecule has 5 nitrogen and oxygen atoms in total. The molecule has 3 aromatic rings. The first-order valence-corrected chi connectivity index (χ1v) is 11.8. The van der Waals surface area contributed by atoms with Gasteiger partial charge in [-0.05, 0) is 47.0 Å². The number of thiophene rings is 1. The highest BCUT2D eigenvalue weighted by molar-refractivity contribution is 7.78. The molecule has 1 aromatic carbocycles. The van der Waals surface area contributed by atoms with E-state index < -0.39 is 35.4 Å². The maximum absolute atomic E-state index is 13.5. The molecule has 2 aromatic heterocycles. The van der Waals surface area contributed by atoms with Crippen LogP contribution in [-0.2, 0) is 15.1 Å². The minimum absolute atomic E-state index is 0.159. The van der Waals surface area contributed by atoms with Crippen molar-refractivity contribution >= 4 is 47.4 Å². The Morgan fingerprint density at radius 3 is 2.59 bits per heavy atom. The lowest BCUT2D eigenvalue weighted by Crippen LogP contribution is -2.54. The van der Waals surface area contributed by atoms with Gasteiger partial charge in [-0.15, -0.1) is 0 Å². The number of carbonyl (C=O) groups is 2. The molecule has 178 valence electrons. The maximum Gasteiger partial charge on any atom is 0.425 e. The summed E-state index contributed by atoms with van der Waals surface area (Å²) in [5, 5.41) is 3.78. The van der Waals surface area contributed by atoms with Gasteiger partial charge in [-0.1, -0.05) is 48.7 Å². The molecule has 0 radical (unpaired) electrons. The number of benzene rings is 1. The minimum Gasteiger partial charge on any atom is -0.465 e. The third-order valence-electron chi connectivity index (χ3n) is 5.69. The molecule has 0 spiro atoms. The van der Waals surface area contributed by atoms with E-state index in [1.165, 1.54) is 29.5 Å². The molecule has 3 atom stereocenters. The molecule has 3 unspecified atom stereocenters. The van der Waals surface area contributed by atoms with E-state index in [4.69, 9.17) is 16.3 Å². The number of Topliss-reactive ketones (excluding diaryl/α,β-unsaturated/α-hetero) is 1. The third-order valence-corrected chi connectivity index (χ3v) is 7.26. The summed E-state index contributed by atoms with van der Waals surface area (Å²) in [5.74, 6) is -2.48. The number of amides is 1. The van der Waals surface area contributed by atoms with Crippen LogP contribution in [0.4, 0.5) is 13.2 Å². The van der Waals surface area contributed by atoms with Gasteiger partial charge in [0.1, 0.15) is 11.5 Å². The molecule has 3 heterocycles. The van der Waals surface area contributed by atoms with Crippen LogP contribution in [-0.4, -0.2) is 33.3 Å². The van der Waals surface area contributed by atoms with Gasteiger partial charge in [0, 0.05) is 17.5 Å². The number of halogens is 4. The van der Waals surface area contributed by atoms with Gasteiger partial charge in [0.15, 0.2) is 11.9 Å². The molecule has 0 bridgehead atoms. The van der Waals surface area contributed by atoms with E-state index in [1.807, 2.05) is 0 Å². The molecular weight excluding hydrogens is 509 g/mol. The van der Waals surface area contributed by atoms with Crippen molar-refractivity contribution in [3.63, 3.8) is 0 Å². The molecule has 1 aliphatic heterocycles.